The summed E-state index contributed by atoms with van der Waals surface area (Å²) in [4.78, 5) is 35.6. The van der Waals surface area contributed by atoms with Crippen molar-refractivity contribution < 1.29 is 23.9 Å². The molecule has 2 N–H and O–H groups in total. The van der Waals surface area contributed by atoms with Gasteiger partial charge in [-0.1, -0.05) is 13.8 Å². The van der Waals surface area contributed by atoms with Crippen LogP contribution >= 0.6 is 0 Å². The molecule has 0 bridgehead atoms. The second-order valence-corrected chi connectivity index (χ2v) is 6.33. The van der Waals surface area contributed by atoms with Crippen LogP contribution in [0.2, 0.25) is 0 Å². The minimum atomic E-state index is -0.381. The van der Waals surface area contributed by atoms with Crippen LogP contribution in [0.1, 0.15) is 47.4 Å². The Morgan fingerprint density at radius 3 is 1.62 bits per heavy atom. The third-order valence-electron chi connectivity index (χ3n) is 3.85. The molecular weight excluding hydrogens is 372 g/mol. The summed E-state index contributed by atoms with van der Waals surface area (Å²) in [6.07, 6.45) is 1.53. The Bertz CT molecular complexity index is 816. The largest absolute Gasteiger partial charge is 0.462 e. The van der Waals surface area contributed by atoms with Gasteiger partial charge >= 0.3 is 11.9 Å². The van der Waals surface area contributed by atoms with E-state index in [2.05, 4.69) is 10.6 Å². The van der Waals surface area contributed by atoms with Gasteiger partial charge in [-0.15, -0.1) is 0 Å². The summed E-state index contributed by atoms with van der Waals surface area (Å²) in [5.74, 6) is -0.982. The van der Waals surface area contributed by atoms with Crippen molar-refractivity contribution in [3.63, 3.8) is 0 Å². The lowest BCUT2D eigenvalue weighted by molar-refractivity contribution is -0.114. The monoisotopic (exact) mass is 398 g/mol. The molecule has 0 spiro atoms. The number of esters is 2. The second kappa shape index (κ2) is 11.5. The zero-order valence-electron chi connectivity index (χ0n) is 16.7. The van der Waals surface area contributed by atoms with E-state index in [0.717, 1.165) is 12.8 Å². The number of carbonyl (C=O) groups is 3. The Morgan fingerprint density at radius 1 is 0.724 bits per heavy atom. The maximum absolute atomic E-state index is 12.1. The molecule has 0 aliphatic heterocycles. The fourth-order valence-electron chi connectivity index (χ4n) is 2.36. The molecule has 7 heteroatoms. The molecule has 2 rings (SSSR count). The van der Waals surface area contributed by atoms with E-state index in [1.54, 1.807) is 48.5 Å². The van der Waals surface area contributed by atoms with E-state index in [9.17, 15) is 14.4 Å². The van der Waals surface area contributed by atoms with Crippen LogP contribution in [0.5, 0.6) is 0 Å². The Morgan fingerprint density at radius 2 is 1.17 bits per heavy atom. The first kappa shape index (κ1) is 21.9. The lowest BCUT2D eigenvalue weighted by Gasteiger charge is -2.09. The first-order valence-corrected chi connectivity index (χ1v) is 9.61. The molecular formula is C22H26N2O5. The Labute approximate surface area is 170 Å². The molecule has 7 nitrogen and oxygen atoms in total. The number of hydrogen-bond acceptors (Lipinski definition) is 6. The number of amides is 1. The average molecular weight is 398 g/mol. The van der Waals surface area contributed by atoms with Crippen LogP contribution in [0.3, 0.4) is 0 Å². The summed E-state index contributed by atoms with van der Waals surface area (Å²) >= 11 is 0. The highest BCUT2D eigenvalue weighted by Crippen LogP contribution is 2.12. The van der Waals surface area contributed by atoms with Gasteiger partial charge in [-0.3, -0.25) is 4.79 Å². The van der Waals surface area contributed by atoms with Crippen molar-refractivity contribution in [2.24, 2.45) is 0 Å². The molecule has 0 heterocycles. The van der Waals surface area contributed by atoms with Gasteiger partial charge in [-0.2, -0.15) is 0 Å². The molecule has 0 radical (unpaired) electrons. The van der Waals surface area contributed by atoms with Crippen LogP contribution < -0.4 is 10.6 Å². The van der Waals surface area contributed by atoms with Gasteiger partial charge in [0.05, 0.1) is 30.9 Å². The van der Waals surface area contributed by atoms with Gasteiger partial charge in [0, 0.05) is 11.4 Å². The highest BCUT2D eigenvalue weighted by atomic mass is 16.5. The van der Waals surface area contributed by atoms with Crippen molar-refractivity contribution >= 4 is 29.2 Å². The van der Waals surface area contributed by atoms with Crippen LogP contribution in [0.25, 0.3) is 0 Å². The summed E-state index contributed by atoms with van der Waals surface area (Å²) in [7, 11) is 0. The van der Waals surface area contributed by atoms with Crippen molar-refractivity contribution in [3.05, 3.63) is 59.7 Å². The van der Waals surface area contributed by atoms with Crippen LogP contribution in [-0.2, 0) is 14.3 Å². The first-order chi connectivity index (χ1) is 14.0. The molecule has 0 unspecified atom stereocenters. The molecule has 2 aromatic carbocycles. The molecule has 154 valence electrons. The third-order valence-corrected chi connectivity index (χ3v) is 3.85. The van der Waals surface area contributed by atoms with Gasteiger partial charge < -0.3 is 20.1 Å². The molecule has 0 aliphatic rings. The number of rotatable bonds is 10. The zero-order valence-corrected chi connectivity index (χ0v) is 16.7. The maximum atomic E-state index is 12.1. The molecule has 0 aliphatic carbocycles. The van der Waals surface area contributed by atoms with Gasteiger partial charge in [0.2, 0.25) is 5.91 Å². The van der Waals surface area contributed by atoms with Gasteiger partial charge in [0.25, 0.3) is 0 Å². The van der Waals surface area contributed by atoms with E-state index in [0.29, 0.717) is 35.7 Å². The fourth-order valence-corrected chi connectivity index (χ4v) is 2.36. The van der Waals surface area contributed by atoms with Gasteiger partial charge in [-0.05, 0) is 61.4 Å². The number of anilines is 2. The summed E-state index contributed by atoms with van der Waals surface area (Å²) in [6.45, 7) is 4.68. The second-order valence-electron chi connectivity index (χ2n) is 6.33. The van der Waals surface area contributed by atoms with Crippen LogP contribution in [0, 0.1) is 0 Å². The minimum absolute atomic E-state index is 0.0555. The van der Waals surface area contributed by atoms with E-state index < -0.39 is 0 Å². The smallest absolute Gasteiger partial charge is 0.338 e. The first-order valence-electron chi connectivity index (χ1n) is 9.61. The van der Waals surface area contributed by atoms with Crippen LogP contribution in [0.15, 0.2) is 48.5 Å². The number of benzene rings is 2. The van der Waals surface area contributed by atoms with Crippen molar-refractivity contribution in [1.82, 2.24) is 0 Å². The normalized spacial score (nSPS) is 10.1. The van der Waals surface area contributed by atoms with Crippen molar-refractivity contribution in [3.8, 4) is 0 Å². The molecule has 0 saturated carbocycles. The average Bonchev–Trinajstić information content (AvgIpc) is 2.75. The van der Waals surface area contributed by atoms with Crippen LogP contribution in [-0.4, -0.2) is 37.6 Å². The van der Waals surface area contributed by atoms with E-state index >= 15 is 0 Å². The summed E-state index contributed by atoms with van der Waals surface area (Å²) < 4.78 is 10.1. The number of carbonyl (C=O) groups excluding carboxylic acids is 3. The Balaban J connectivity index is 1.80. The quantitative estimate of drug-likeness (QED) is 0.590. The fraction of sp³-hybridized carbons (Fsp3) is 0.318. The van der Waals surface area contributed by atoms with Gasteiger partial charge in [0.15, 0.2) is 0 Å². The van der Waals surface area contributed by atoms with Gasteiger partial charge in [0.1, 0.15) is 0 Å². The Kier molecular flexibility index (Phi) is 8.69. The van der Waals surface area contributed by atoms with E-state index in [1.165, 1.54) is 0 Å². The van der Waals surface area contributed by atoms with Crippen molar-refractivity contribution in [2.75, 3.05) is 30.4 Å². The lowest BCUT2D eigenvalue weighted by atomic mass is 10.2. The topological polar surface area (TPSA) is 93.7 Å². The molecule has 29 heavy (non-hydrogen) atoms. The summed E-state index contributed by atoms with van der Waals surface area (Å²) in [5, 5.41) is 5.74. The third kappa shape index (κ3) is 7.29. The molecule has 0 fully saturated rings. The number of hydrogen-bond donors (Lipinski definition) is 2. The van der Waals surface area contributed by atoms with Crippen molar-refractivity contribution in [2.45, 2.75) is 26.7 Å². The van der Waals surface area contributed by atoms with E-state index in [1.807, 2.05) is 13.8 Å². The molecule has 0 atom stereocenters. The highest BCUT2D eigenvalue weighted by molar-refractivity contribution is 5.95. The zero-order chi connectivity index (χ0) is 21.1. The predicted octanol–water partition coefficient (Wildman–Crippen LogP) is 3.87. The van der Waals surface area contributed by atoms with E-state index in [-0.39, 0.29) is 24.4 Å². The summed E-state index contributed by atoms with van der Waals surface area (Å²) in [5.41, 5.74) is 2.19. The van der Waals surface area contributed by atoms with E-state index in [4.69, 9.17) is 9.47 Å². The predicted molar refractivity (Wildman–Crippen MR) is 111 cm³/mol. The standard InChI is InChI=1S/C22H26N2O5/c1-3-13-28-21(26)16-5-9-18(10-6-16)23-15-20(25)24-19-11-7-17(8-12-19)22(27)29-14-4-2/h5-12,23H,3-4,13-15H2,1-2H3,(H,24,25). The molecule has 1 amide bonds. The number of nitrogens with one attached hydrogen (secondary N) is 2. The van der Waals surface area contributed by atoms with Crippen molar-refractivity contribution in [1.29, 1.82) is 0 Å². The molecule has 0 saturated heterocycles. The van der Waals surface area contributed by atoms with Crippen LogP contribution in [0.4, 0.5) is 11.4 Å². The molecule has 0 aromatic heterocycles. The minimum Gasteiger partial charge on any atom is -0.462 e. The summed E-state index contributed by atoms with van der Waals surface area (Å²) in [6, 6.07) is 13.2. The SMILES string of the molecule is CCCOC(=O)c1ccc(NCC(=O)Nc2ccc(C(=O)OCCC)cc2)cc1. The maximum Gasteiger partial charge on any atom is 0.338 e. The highest BCUT2D eigenvalue weighted by Gasteiger charge is 2.09. The Hall–Kier alpha value is -3.35. The van der Waals surface area contributed by atoms with Gasteiger partial charge in [-0.25, -0.2) is 9.59 Å². The number of ether oxygens (including phenoxy) is 2. The molecule has 2 aromatic rings. The lowest BCUT2D eigenvalue weighted by Crippen LogP contribution is -2.21.